The van der Waals surface area contributed by atoms with Gasteiger partial charge in [0.2, 0.25) is 0 Å². The number of hydrogen-bond donors (Lipinski definition) is 1. The lowest BCUT2D eigenvalue weighted by Gasteiger charge is -2.31. The van der Waals surface area contributed by atoms with Gasteiger partial charge in [-0.15, -0.1) is 24.6 Å². The van der Waals surface area contributed by atoms with Gasteiger partial charge in [0.1, 0.15) is 0 Å². The zero-order valence-corrected chi connectivity index (χ0v) is 10.6. The van der Waals surface area contributed by atoms with Crippen molar-refractivity contribution in [3.8, 4) is 24.7 Å². The Morgan fingerprint density at radius 3 is 2.62 bits per heavy atom. The summed E-state index contributed by atoms with van der Waals surface area (Å²) in [7, 11) is 0. The molecule has 0 saturated carbocycles. The van der Waals surface area contributed by atoms with E-state index >= 15 is 0 Å². The summed E-state index contributed by atoms with van der Waals surface area (Å²) in [5, 5.41) is 3.58. The van der Waals surface area contributed by atoms with Crippen LogP contribution >= 0.6 is 11.8 Å². The largest absolute Gasteiger partial charge is 0.313 e. The van der Waals surface area contributed by atoms with Gasteiger partial charge in [-0.05, 0) is 12.8 Å². The molecule has 1 saturated heterocycles. The molecule has 1 aliphatic rings. The van der Waals surface area contributed by atoms with Crippen LogP contribution in [0.2, 0.25) is 0 Å². The molecule has 1 rings (SSSR count). The Morgan fingerprint density at radius 2 is 2.00 bits per heavy atom. The van der Waals surface area contributed by atoms with Crippen LogP contribution in [0.4, 0.5) is 0 Å². The normalized spacial score (nSPS) is 17.9. The van der Waals surface area contributed by atoms with Crippen LogP contribution in [-0.4, -0.2) is 48.6 Å². The van der Waals surface area contributed by atoms with Crippen LogP contribution in [-0.2, 0) is 0 Å². The van der Waals surface area contributed by atoms with Crippen LogP contribution in [0, 0.1) is 24.7 Å². The number of terminal acetylenes is 2. The van der Waals surface area contributed by atoms with Crippen LogP contribution in [0.3, 0.4) is 0 Å². The van der Waals surface area contributed by atoms with Gasteiger partial charge in [0.15, 0.2) is 0 Å². The molecule has 0 unspecified atom stereocenters. The van der Waals surface area contributed by atoms with Gasteiger partial charge >= 0.3 is 0 Å². The predicted octanol–water partition coefficient (Wildman–Crippen LogP) is 1.04. The Balaban J connectivity index is 2.00. The minimum Gasteiger partial charge on any atom is -0.313 e. The van der Waals surface area contributed by atoms with Gasteiger partial charge in [-0.25, -0.2) is 0 Å². The van der Waals surface area contributed by atoms with Crippen molar-refractivity contribution in [3.63, 3.8) is 0 Å². The van der Waals surface area contributed by atoms with E-state index in [1.165, 1.54) is 12.8 Å². The van der Waals surface area contributed by atoms with Crippen LogP contribution < -0.4 is 5.32 Å². The summed E-state index contributed by atoms with van der Waals surface area (Å²) < 4.78 is 0. The van der Waals surface area contributed by atoms with E-state index in [1.54, 1.807) is 0 Å². The van der Waals surface area contributed by atoms with Crippen LogP contribution in [0.15, 0.2) is 0 Å². The second-order valence-electron chi connectivity index (χ2n) is 3.97. The molecule has 0 aromatic heterocycles. The lowest BCUT2D eigenvalue weighted by atomic mass is 10.1. The third-order valence-corrected chi connectivity index (χ3v) is 3.63. The van der Waals surface area contributed by atoms with Crippen molar-refractivity contribution in [2.45, 2.75) is 18.9 Å². The first-order valence-corrected chi connectivity index (χ1v) is 6.92. The minimum absolute atomic E-state index is 0.667. The van der Waals surface area contributed by atoms with Crippen LogP contribution in [0.1, 0.15) is 12.8 Å². The Morgan fingerprint density at radius 1 is 1.25 bits per heavy atom. The standard InChI is InChI=1S/C13H20N2S/c1-3-8-15-9-5-13(6-10-15)14-7-12-16-11-4-2/h1-2,13-14H,5-12H2. The highest BCUT2D eigenvalue weighted by atomic mass is 32.2. The smallest absolute Gasteiger partial charge is 0.0598 e. The molecule has 1 aliphatic heterocycles. The van der Waals surface area contributed by atoms with Crippen molar-refractivity contribution in [1.82, 2.24) is 10.2 Å². The molecular weight excluding hydrogens is 216 g/mol. The van der Waals surface area contributed by atoms with E-state index < -0.39 is 0 Å². The van der Waals surface area contributed by atoms with Crippen LogP contribution in [0.25, 0.3) is 0 Å². The van der Waals surface area contributed by atoms with Gasteiger partial charge in [-0.3, -0.25) is 4.90 Å². The quantitative estimate of drug-likeness (QED) is 0.548. The van der Waals surface area contributed by atoms with Crippen LogP contribution in [0.5, 0.6) is 0 Å². The number of piperidine rings is 1. The molecule has 0 radical (unpaired) electrons. The number of thioether (sulfide) groups is 1. The SMILES string of the molecule is C#CCSCCNC1CCN(CC#C)CC1. The average molecular weight is 236 g/mol. The first-order valence-electron chi connectivity index (χ1n) is 5.77. The first-order chi connectivity index (χ1) is 7.86. The highest BCUT2D eigenvalue weighted by Crippen LogP contribution is 2.09. The summed E-state index contributed by atoms with van der Waals surface area (Å²) >= 11 is 1.81. The Labute approximate surface area is 104 Å². The topological polar surface area (TPSA) is 15.3 Å². The second kappa shape index (κ2) is 8.53. The number of likely N-dealkylation sites (tertiary alicyclic amines) is 1. The van der Waals surface area contributed by atoms with Gasteiger partial charge in [-0.1, -0.05) is 11.8 Å². The maximum absolute atomic E-state index is 5.29. The summed E-state index contributed by atoms with van der Waals surface area (Å²) in [5.41, 5.74) is 0. The third-order valence-electron chi connectivity index (χ3n) is 2.77. The molecule has 1 fully saturated rings. The van der Waals surface area contributed by atoms with Crippen molar-refractivity contribution in [3.05, 3.63) is 0 Å². The van der Waals surface area contributed by atoms with E-state index in [0.29, 0.717) is 6.04 Å². The zero-order valence-electron chi connectivity index (χ0n) is 9.74. The molecule has 88 valence electrons. The zero-order chi connectivity index (χ0) is 11.6. The van der Waals surface area contributed by atoms with Gasteiger partial charge < -0.3 is 5.32 Å². The predicted molar refractivity (Wildman–Crippen MR) is 72.5 cm³/mol. The first kappa shape index (κ1) is 13.5. The summed E-state index contributed by atoms with van der Waals surface area (Å²) in [6, 6.07) is 0.667. The Kier molecular flexibility index (Phi) is 7.17. The number of nitrogens with one attached hydrogen (secondary N) is 1. The molecule has 0 atom stereocenters. The Bertz CT molecular complexity index is 256. The van der Waals surface area contributed by atoms with Crippen molar-refractivity contribution in [1.29, 1.82) is 0 Å². The molecule has 0 bridgehead atoms. The molecule has 0 aromatic rings. The molecule has 3 heteroatoms. The fourth-order valence-electron chi connectivity index (χ4n) is 1.89. The molecular formula is C13H20N2S. The monoisotopic (exact) mass is 236 g/mol. The highest BCUT2D eigenvalue weighted by molar-refractivity contribution is 7.99. The molecule has 0 aliphatic carbocycles. The summed E-state index contributed by atoms with van der Waals surface area (Å²) in [6.07, 6.45) is 12.9. The van der Waals surface area contributed by atoms with Gasteiger partial charge in [0, 0.05) is 31.4 Å². The average Bonchev–Trinajstić information content (AvgIpc) is 2.31. The molecule has 2 nitrogen and oxygen atoms in total. The molecule has 0 amide bonds. The van der Waals surface area contributed by atoms with E-state index in [2.05, 4.69) is 22.1 Å². The molecule has 1 N–H and O–H groups in total. The summed E-state index contributed by atoms with van der Waals surface area (Å²) in [6.45, 7) is 4.11. The van der Waals surface area contributed by atoms with Crippen molar-refractivity contribution >= 4 is 11.8 Å². The summed E-state index contributed by atoms with van der Waals surface area (Å²) in [4.78, 5) is 2.34. The molecule has 0 spiro atoms. The van der Waals surface area contributed by atoms with Crippen molar-refractivity contribution < 1.29 is 0 Å². The summed E-state index contributed by atoms with van der Waals surface area (Å²) in [5.74, 6) is 7.27. The van der Waals surface area contributed by atoms with E-state index in [9.17, 15) is 0 Å². The highest BCUT2D eigenvalue weighted by Gasteiger charge is 2.17. The fourth-order valence-corrected chi connectivity index (χ4v) is 2.41. The lowest BCUT2D eigenvalue weighted by Crippen LogP contribution is -2.43. The van der Waals surface area contributed by atoms with E-state index in [1.807, 2.05) is 11.8 Å². The van der Waals surface area contributed by atoms with Gasteiger partial charge in [-0.2, -0.15) is 0 Å². The number of rotatable bonds is 6. The third kappa shape index (κ3) is 5.47. The number of hydrogen-bond acceptors (Lipinski definition) is 3. The van der Waals surface area contributed by atoms with Crippen molar-refractivity contribution in [2.75, 3.05) is 37.7 Å². The Hall–Kier alpha value is -0.610. The van der Waals surface area contributed by atoms with Gasteiger partial charge in [0.25, 0.3) is 0 Å². The molecule has 16 heavy (non-hydrogen) atoms. The molecule has 1 heterocycles. The number of nitrogens with zero attached hydrogens (tertiary/aromatic N) is 1. The fraction of sp³-hybridized carbons (Fsp3) is 0.692. The second-order valence-corrected chi connectivity index (χ2v) is 5.07. The minimum atomic E-state index is 0.667. The van der Waals surface area contributed by atoms with Crippen molar-refractivity contribution in [2.24, 2.45) is 0 Å². The lowest BCUT2D eigenvalue weighted by molar-refractivity contribution is 0.220. The maximum atomic E-state index is 5.29. The maximum Gasteiger partial charge on any atom is 0.0598 e. The van der Waals surface area contributed by atoms with Gasteiger partial charge in [0.05, 0.1) is 12.3 Å². The van der Waals surface area contributed by atoms with E-state index in [4.69, 9.17) is 12.8 Å². The van der Waals surface area contributed by atoms with E-state index in [0.717, 1.165) is 37.7 Å². The van der Waals surface area contributed by atoms with E-state index in [-0.39, 0.29) is 0 Å². The molecule has 0 aromatic carbocycles.